The van der Waals surface area contributed by atoms with E-state index < -0.39 is 29.1 Å². The number of anilines is 1. The fourth-order valence-corrected chi connectivity index (χ4v) is 3.45. The fraction of sp³-hybridized carbons (Fsp3) is 0.217. The van der Waals surface area contributed by atoms with Crippen LogP contribution in [0.3, 0.4) is 0 Å². The van der Waals surface area contributed by atoms with Crippen molar-refractivity contribution in [1.29, 1.82) is 0 Å². The Morgan fingerprint density at radius 1 is 1.06 bits per heavy atom. The Kier molecular flexibility index (Phi) is 6.05. The molecule has 0 unspecified atom stereocenters. The van der Waals surface area contributed by atoms with Gasteiger partial charge in [0.25, 0.3) is 0 Å². The van der Waals surface area contributed by atoms with E-state index in [1.54, 1.807) is 6.07 Å². The maximum Gasteiger partial charge on any atom is 0.433 e. The summed E-state index contributed by atoms with van der Waals surface area (Å²) in [5.74, 6) is -1.80. The van der Waals surface area contributed by atoms with Crippen LogP contribution in [0.4, 0.5) is 23.2 Å². The Bertz CT molecular complexity index is 1220. The molecule has 3 heterocycles. The van der Waals surface area contributed by atoms with Crippen molar-refractivity contribution in [3.63, 3.8) is 0 Å². The lowest BCUT2D eigenvalue weighted by molar-refractivity contribution is -0.141. The Balaban J connectivity index is 1.64. The van der Waals surface area contributed by atoms with E-state index in [1.165, 1.54) is 36.5 Å². The van der Waals surface area contributed by atoms with E-state index in [0.717, 1.165) is 13.3 Å². The van der Waals surface area contributed by atoms with Crippen molar-refractivity contribution in [2.45, 2.75) is 11.6 Å². The highest BCUT2D eigenvalue weighted by Gasteiger charge is 2.48. The van der Waals surface area contributed by atoms with Gasteiger partial charge in [0.1, 0.15) is 16.9 Å². The van der Waals surface area contributed by atoms with Gasteiger partial charge in [-0.2, -0.15) is 13.2 Å². The molecule has 0 saturated carbocycles. The van der Waals surface area contributed by atoms with Crippen LogP contribution in [0.25, 0.3) is 11.3 Å². The van der Waals surface area contributed by atoms with Crippen LogP contribution in [0.5, 0.6) is 0 Å². The number of halogens is 4. The summed E-state index contributed by atoms with van der Waals surface area (Å²) in [7, 11) is 1.05. The molecule has 0 aliphatic carbocycles. The number of rotatable bonds is 5. The van der Waals surface area contributed by atoms with E-state index in [1.807, 2.05) is 0 Å². The van der Waals surface area contributed by atoms with Crippen molar-refractivity contribution in [2.24, 2.45) is 0 Å². The summed E-state index contributed by atoms with van der Waals surface area (Å²) >= 11 is 0. The number of nitrogens with zero attached hydrogens (tertiary/aromatic N) is 2. The molecule has 1 saturated heterocycles. The Morgan fingerprint density at radius 3 is 2.29 bits per heavy atom. The van der Waals surface area contributed by atoms with Gasteiger partial charge in [0, 0.05) is 23.6 Å². The number of nitrogens with one attached hydrogen (secondary N) is 1. The van der Waals surface area contributed by atoms with Crippen LogP contribution in [-0.2, 0) is 25.9 Å². The van der Waals surface area contributed by atoms with Gasteiger partial charge in [-0.15, -0.1) is 0 Å². The highest BCUT2D eigenvalue weighted by atomic mass is 19.4. The van der Waals surface area contributed by atoms with Crippen molar-refractivity contribution in [3.8, 4) is 11.3 Å². The topological polar surface area (TPSA) is 90.4 Å². The van der Waals surface area contributed by atoms with Gasteiger partial charge in [-0.1, -0.05) is 6.07 Å². The van der Waals surface area contributed by atoms with Gasteiger partial charge in [-0.3, -0.25) is 14.8 Å². The van der Waals surface area contributed by atoms with Gasteiger partial charge in [-0.25, -0.2) is 9.18 Å². The average Bonchev–Trinajstić information content (AvgIpc) is 2.79. The SMILES string of the molecule is COC(=O)c1cc(C(F)(F)F)ncc1-c1ccc(C2(C(=O)Nc3ccc(F)cc3)COC2)cn1. The minimum absolute atomic E-state index is 0.0427. The monoisotopic (exact) mass is 475 g/mol. The Hall–Kier alpha value is -3.86. The van der Waals surface area contributed by atoms with Gasteiger partial charge in [0.15, 0.2) is 0 Å². The van der Waals surface area contributed by atoms with Crippen molar-refractivity contribution in [1.82, 2.24) is 9.97 Å². The lowest BCUT2D eigenvalue weighted by atomic mass is 9.78. The van der Waals surface area contributed by atoms with E-state index in [-0.39, 0.29) is 35.9 Å². The normalized spacial score (nSPS) is 14.7. The Morgan fingerprint density at radius 2 is 1.76 bits per heavy atom. The molecule has 1 N–H and O–H groups in total. The zero-order valence-corrected chi connectivity index (χ0v) is 17.6. The molecule has 0 radical (unpaired) electrons. The van der Waals surface area contributed by atoms with Gasteiger partial charge >= 0.3 is 12.1 Å². The van der Waals surface area contributed by atoms with Crippen LogP contribution in [-0.4, -0.2) is 42.2 Å². The first-order valence-corrected chi connectivity index (χ1v) is 9.91. The minimum atomic E-state index is -4.74. The second-order valence-corrected chi connectivity index (χ2v) is 7.57. The molecule has 176 valence electrons. The predicted molar refractivity (Wildman–Crippen MR) is 111 cm³/mol. The third kappa shape index (κ3) is 4.34. The number of alkyl halides is 3. The first-order chi connectivity index (χ1) is 16.1. The summed E-state index contributed by atoms with van der Waals surface area (Å²) < 4.78 is 62.2. The first-order valence-electron chi connectivity index (χ1n) is 9.91. The van der Waals surface area contributed by atoms with E-state index in [2.05, 4.69) is 20.0 Å². The molecule has 1 amide bonds. The number of pyridine rings is 2. The lowest BCUT2D eigenvalue weighted by Gasteiger charge is -2.40. The molecular weight excluding hydrogens is 458 g/mol. The molecular formula is C23H17F4N3O4. The van der Waals surface area contributed by atoms with Crippen molar-refractivity contribution in [2.75, 3.05) is 25.6 Å². The highest BCUT2D eigenvalue weighted by molar-refractivity contribution is 6.00. The number of carbonyl (C=O) groups is 2. The number of methoxy groups -OCH3 is 1. The van der Waals surface area contributed by atoms with Crippen molar-refractivity contribution >= 4 is 17.6 Å². The highest BCUT2D eigenvalue weighted by Crippen LogP contribution is 2.35. The quantitative estimate of drug-likeness (QED) is 0.443. The summed E-state index contributed by atoms with van der Waals surface area (Å²) in [5, 5.41) is 2.72. The van der Waals surface area contributed by atoms with E-state index in [9.17, 15) is 27.2 Å². The summed E-state index contributed by atoms with van der Waals surface area (Å²) in [6, 6.07) is 8.93. The van der Waals surface area contributed by atoms with Crippen LogP contribution in [0, 0.1) is 5.82 Å². The molecule has 1 aliphatic rings. The average molecular weight is 475 g/mol. The molecule has 34 heavy (non-hydrogen) atoms. The number of amides is 1. The number of benzene rings is 1. The van der Waals surface area contributed by atoms with Gasteiger partial charge in [0.05, 0.1) is 31.6 Å². The van der Waals surface area contributed by atoms with Crippen LogP contribution < -0.4 is 5.32 Å². The summed E-state index contributed by atoms with van der Waals surface area (Å²) in [6.45, 7) is 0.159. The largest absolute Gasteiger partial charge is 0.465 e. The van der Waals surface area contributed by atoms with Crippen LogP contribution in [0.1, 0.15) is 21.6 Å². The molecule has 1 aliphatic heterocycles. The number of esters is 1. The predicted octanol–water partition coefficient (Wildman–Crippen LogP) is 3.99. The molecule has 7 nitrogen and oxygen atoms in total. The molecule has 0 bridgehead atoms. The van der Waals surface area contributed by atoms with E-state index in [4.69, 9.17) is 4.74 Å². The molecule has 4 rings (SSSR count). The lowest BCUT2D eigenvalue weighted by Crippen LogP contribution is -2.55. The third-order valence-electron chi connectivity index (χ3n) is 5.43. The Labute approximate surface area is 190 Å². The molecule has 0 atom stereocenters. The second-order valence-electron chi connectivity index (χ2n) is 7.57. The maximum absolute atomic E-state index is 13.1. The molecule has 3 aromatic rings. The van der Waals surface area contributed by atoms with Crippen molar-refractivity contribution in [3.05, 3.63) is 77.5 Å². The molecule has 2 aromatic heterocycles. The van der Waals surface area contributed by atoms with Crippen LogP contribution in [0.2, 0.25) is 0 Å². The third-order valence-corrected chi connectivity index (χ3v) is 5.43. The van der Waals surface area contributed by atoms with E-state index >= 15 is 0 Å². The first kappa shape index (κ1) is 23.3. The number of aromatic nitrogens is 2. The molecule has 11 heteroatoms. The zero-order valence-electron chi connectivity index (χ0n) is 17.6. The van der Waals surface area contributed by atoms with Crippen molar-refractivity contribution < 1.29 is 36.6 Å². The van der Waals surface area contributed by atoms with Crippen LogP contribution in [0.15, 0.2) is 54.9 Å². The maximum atomic E-state index is 13.1. The van der Waals surface area contributed by atoms with Gasteiger partial charge < -0.3 is 14.8 Å². The number of hydrogen-bond acceptors (Lipinski definition) is 6. The summed E-state index contributed by atoms with van der Waals surface area (Å²) in [4.78, 5) is 32.7. The number of ether oxygens (including phenoxy) is 2. The number of hydrogen-bond donors (Lipinski definition) is 1. The number of carbonyl (C=O) groups excluding carboxylic acids is 2. The second kappa shape index (κ2) is 8.82. The standard InChI is InChI=1S/C23H17F4N3O4/c1-33-20(31)16-8-19(23(25,26)27)29-10-17(16)18-7-2-13(9-28-18)22(11-34-12-22)21(32)30-15-5-3-14(24)4-6-15/h2-10H,11-12H2,1H3,(H,30,32). The van der Waals surface area contributed by atoms with Gasteiger partial charge in [-0.05, 0) is 42.0 Å². The molecule has 0 spiro atoms. The fourth-order valence-electron chi connectivity index (χ4n) is 3.45. The van der Waals surface area contributed by atoms with Crippen LogP contribution >= 0.6 is 0 Å². The van der Waals surface area contributed by atoms with Gasteiger partial charge in [0.2, 0.25) is 5.91 Å². The summed E-state index contributed by atoms with van der Waals surface area (Å²) in [6.07, 6.45) is -2.45. The zero-order chi connectivity index (χ0) is 24.5. The molecule has 1 aromatic carbocycles. The summed E-state index contributed by atoms with van der Waals surface area (Å²) in [5.41, 5.74) is -1.52. The minimum Gasteiger partial charge on any atom is -0.465 e. The van der Waals surface area contributed by atoms with E-state index in [0.29, 0.717) is 17.3 Å². The smallest absolute Gasteiger partial charge is 0.433 e. The molecule has 1 fully saturated rings.